The predicted octanol–water partition coefficient (Wildman–Crippen LogP) is 0.316. The highest BCUT2D eigenvalue weighted by molar-refractivity contribution is 4.43. The molecule has 0 amide bonds. The third-order valence-corrected chi connectivity index (χ3v) is 0.827. The molecule has 0 N–H and O–H groups in total. The summed E-state index contributed by atoms with van der Waals surface area (Å²) in [4.78, 5) is 0. The van der Waals surface area contributed by atoms with E-state index < -0.39 is 0 Å². The van der Waals surface area contributed by atoms with Gasteiger partial charge in [0, 0.05) is 19.4 Å². The number of hydrogen-bond acceptors (Lipinski definition) is 1. The molecule has 1 fully saturated rings. The molecule has 2 heteroatoms. The molecule has 1 saturated heterocycles. The zero-order valence-corrected chi connectivity index (χ0v) is 3.68. The topological polar surface area (TPSA) is 39.7 Å². The average Bonchev–Trinajstić information content (AvgIpc) is 1.76. The minimum absolute atomic E-state index is 0. The second-order valence-electron chi connectivity index (χ2n) is 1.32. The first-order chi connectivity index (χ1) is 2.50. The van der Waals surface area contributed by atoms with Gasteiger partial charge >= 0.3 is 0 Å². The van der Waals surface area contributed by atoms with Crippen LogP contribution < -0.4 is 6.15 Å². The van der Waals surface area contributed by atoms with Gasteiger partial charge in [0.25, 0.3) is 0 Å². The lowest BCUT2D eigenvalue weighted by molar-refractivity contribution is 0.198. The van der Waals surface area contributed by atoms with Crippen LogP contribution in [0.4, 0.5) is 0 Å². The Morgan fingerprint density at radius 2 is 1.50 bits per heavy atom. The Morgan fingerprint density at radius 3 is 1.67 bits per heavy atom. The molecular weight excluding hydrogens is 78.1 g/mol. The van der Waals surface area contributed by atoms with Crippen molar-refractivity contribution in [3.05, 3.63) is 0 Å². The maximum absolute atomic E-state index is 4.94. The van der Waals surface area contributed by atoms with Crippen molar-refractivity contribution in [2.45, 2.75) is 12.8 Å². The Labute approximate surface area is 38.1 Å². The zero-order chi connectivity index (χ0) is 3.54. The Morgan fingerprint density at radius 1 is 1.00 bits per heavy atom. The first-order valence-electron chi connectivity index (χ1n) is 2.08. The second-order valence-corrected chi connectivity index (χ2v) is 1.32. The quantitative estimate of drug-likeness (QED) is 0.418. The summed E-state index contributed by atoms with van der Waals surface area (Å²) in [5.41, 5.74) is 0. The number of hydrogen-bond donors (Lipinski definition) is 0. The van der Waals surface area contributed by atoms with Crippen LogP contribution in [0.15, 0.2) is 0 Å². The molecule has 0 aromatic carbocycles. The molecule has 0 spiro atoms. The largest absolute Gasteiger partial charge is 0.381 e. The fraction of sp³-hybridized carbons (Fsp3) is 1.00. The van der Waals surface area contributed by atoms with Crippen LogP contribution in [-0.2, 0) is 4.74 Å². The standard InChI is InChI=1S/C4H8O.N/c1-2-4-5-3-1;/h1-4H2;. The van der Waals surface area contributed by atoms with Gasteiger partial charge in [-0.3, -0.25) is 0 Å². The van der Waals surface area contributed by atoms with Crippen LogP contribution in [0.3, 0.4) is 0 Å². The van der Waals surface area contributed by atoms with Crippen LogP contribution in [0.2, 0.25) is 0 Å². The summed E-state index contributed by atoms with van der Waals surface area (Å²) in [7, 11) is 0. The molecule has 0 aromatic rings. The molecule has 1 aliphatic heterocycles. The summed E-state index contributed by atoms with van der Waals surface area (Å²) >= 11 is 0. The van der Waals surface area contributed by atoms with E-state index in [4.69, 9.17) is 4.74 Å². The summed E-state index contributed by atoms with van der Waals surface area (Å²) in [6.07, 6.45) is 2.56. The van der Waals surface area contributed by atoms with E-state index in [0.717, 1.165) is 13.2 Å². The molecule has 2 nitrogen and oxygen atoms in total. The van der Waals surface area contributed by atoms with Crippen LogP contribution >= 0.6 is 0 Å². The molecule has 0 atom stereocenters. The van der Waals surface area contributed by atoms with E-state index in [9.17, 15) is 0 Å². The highest BCUT2D eigenvalue weighted by Crippen LogP contribution is 1.98. The molecule has 0 bridgehead atoms. The number of ether oxygens (including phenoxy) is 1. The van der Waals surface area contributed by atoms with E-state index in [1.807, 2.05) is 0 Å². The van der Waals surface area contributed by atoms with Crippen LogP contribution in [-0.4, -0.2) is 13.2 Å². The monoisotopic (exact) mass is 86.1 g/mol. The van der Waals surface area contributed by atoms with Gasteiger partial charge < -0.3 is 4.74 Å². The Kier molecular flexibility index (Phi) is 3.08. The van der Waals surface area contributed by atoms with Crippen molar-refractivity contribution in [3.63, 3.8) is 0 Å². The molecule has 0 aliphatic carbocycles. The van der Waals surface area contributed by atoms with E-state index in [2.05, 4.69) is 0 Å². The molecule has 1 rings (SSSR count). The summed E-state index contributed by atoms with van der Waals surface area (Å²) in [5, 5.41) is 0. The lowest BCUT2D eigenvalue weighted by Gasteiger charge is -1.76. The van der Waals surface area contributed by atoms with Gasteiger partial charge in [0.15, 0.2) is 0 Å². The normalized spacial score (nSPS) is 20.0. The van der Waals surface area contributed by atoms with E-state index in [0.29, 0.717) is 0 Å². The second kappa shape index (κ2) is 3.12. The Balaban J connectivity index is 0.000000250. The van der Waals surface area contributed by atoms with Crippen LogP contribution in [0.5, 0.6) is 0 Å². The summed E-state index contributed by atoms with van der Waals surface area (Å²) in [6.45, 7) is 2.00. The van der Waals surface area contributed by atoms with Gasteiger partial charge in [-0.05, 0) is 12.8 Å². The molecule has 1 aliphatic rings. The Hall–Kier alpha value is -0.0800. The zero-order valence-electron chi connectivity index (χ0n) is 3.68. The van der Waals surface area contributed by atoms with Crippen molar-refractivity contribution in [2.24, 2.45) is 0 Å². The lowest BCUT2D eigenvalue weighted by atomic mass is 10.4. The predicted molar refractivity (Wildman–Crippen MR) is 22.2 cm³/mol. The third kappa shape index (κ3) is 1.38. The SMILES string of the molecule is C1CCOC1.[N]. The summed E-state index contributed by atoms with van der Waals surface area (Å²) in [5.74, 6) is 0. The van der Waals surface area contributed by atoms with Crippen molar-refractivity contribution in [1.29, 1.82) is 0 Å². The summed E-state index contributed by atoms with van der Waals surface area (Å²) < 4.78 is 4.94. The minimum Gasteiger partial charge on any atom is -0.381 e. The van der Waals surface area contributed by atoms with Gasteiger partial charge in [0.05, 0.1) is 0 Å². The number of rotatable bonds is 0. The molecule has 1 heterocycles. The van der Waals surface area contributed by atoms with Crippen molar-refractivity contribution in [1.82, 2.24) is 6.15 Å². The Bertz CT molecular complexity index is 19.1. The van der Waals surface area contributed by atoms with Crippen molar-refractivity contribution >= 4 is 0 Å². The maximum Gasteiger partial charge on any atom is 0.0466 e. The van der Waals surface area contributed by atoms with E-state index in [1.165, 1.54) is 12.8 Å². The summed E-state index contributed by atoms with van der Waals surface area (Å²) in [6, 6.07) is 0. The molecule has 6 heavy (non-hydrogen) atoms. The van der Waals surface area contributed by atoms with Crippen molar-refractivity contribution in [2.75, 3.05) is 13.2 Å². The van der Waals surface area contributed by atoms with Gasteiger partial charge in [-0.15, -0.1) is 0 Å². The van der Waals surface area contributed by atoms with Crippen LogP contribution in [0.25, 0.3) is 0 Å². The van der Waals surface area contributed by atoms with Gasteiger partial charge in [0.1, 0.15) is 0 Å². The van der Waals surface area contributed by atoms with Gasteiger partial charge in [-0.2, -0.15) is 0 Å². The van der Waals surface area contributed by atoms with Crippen molar-refractivity contribution in [3.8, 4) is 0 Å². The number of nitrogens with zero attached hydrogens (tertiary/aromatic N) is 1. The lowest BCUT2D eigenvalue weighted by Crippen LogP contribution is -1.74. The first kappa shape index (κ1) is 5.92. The molecular formula is C4H8NO. The maximum atomic E-state index is 4.94. The van der Waals surface area contributed by atoms with E-state index >= 15 is 0 Å². The molecule has 35 valence electrons. The third-order valence-electron chi connectivity index (χ3n) is 0.827. The molecule has 0 saturated carbocycles. The van der Waals surface area contributed by atoms with Crippen molar-refractivity contribution < 1.29 is 4.74 Å². The smallest absolute Gasteiger partial charge is 0.0466 e. The van der Waals surface area contributed by atoms with Gasteiger partial charge in [0.2, 0.25) is 0 Å². The van der Waals surface area contributed by atoms with Crippen LogP contribution in [0.1, 0.15) is 12.8 Å². The molecule has 0 unspecified atom stereocenters. The van der Waals surface area contributed by atoms with Gasteiger partial charge in [-0.1, -0.05) is 0 Å². The highest BCUT2D eigenvalue weighted by atomic mass is 16.5. The fourth-order valence-electron chi connectivity index (χ4n) is 0.510. The first-order valence-corrected chi connectivity index (χ1v) is 2.08. The fourth-order valence-corrected chi connectivity index (χ4v) is 0.510. The van der Waals surface area contributed by atoms with Crippen LogP contribution in [0, 0.1) is 0 Å². The van der Waals surface area contributed by atoms with E-state index in [-0.39, 0.29) is 6.15 Å². The minimum atomic E-state index is 0. The molecule has 3 radical (unpaired) electrons. The average molecular weight is 86.1 g/mol. The highest BCUT2D eigenvalue weighted by Gasteiger charge is 1.94. The molecule has 0 aromatic heterocycles. The van der Waals surface area contributed by atoms with Gasteiger partial charge in [-0.25, -0.2) is 0 Å². The van der Waals surface area contributed by atoms with E-state index in [1.54, 1.807) is 0 Å².